The van der Waals surface area contributed by atoms with Gasteiger partial charge in [0.15, 0.2) is 5.78 Å². The molecular formula is C20H22ClNO5. The van der Waals surface area contributed by atoms with E-state index in [0.29, 0.717) is 22.0 Å². The minimum atomic E-state index is -1.12. The predicted molar refractivity (Wildman–Crippen MR) is 101 cm³/mol. The Balaban J connectivity index is 2.60. The zero-order valence-corrected chi connectivity index (χ0v) is 16.5. The van der Waals surface area contributed by atoms with E-state index in [-0.39, 0.29) is 24.4 Å². The number of rotatable bonds is 6. The second kappa shape index (κ2) is 8.86. The number of nitrogens with one attached hydrogen (secondary N) is 1. The number of halogens is 1. The average molecular weight is 392 g/mol. The van der Waals surface area contributed by atoms with Crippen molar-refractivity contribution < 1.29 is 23.9 Å². The molecule has 1 aliphatic heterocycles. The first kappa shape index (κ1) is 20.7. The van der Waals surface area contributed by atoms with Crippen LogP contribution in [0.4, 0.5) is 0 Å². The van der Waals surface area contributed by atoms with Crippen molar-refractivity contribution in [3.63, 3.8) is 0 Å². The molecule has 27 heavy (non-hydrogen) atoms. The molecule has 1 aromatic rings. The Labute approximate surface area is 163 Å². The van der Waals surface area contributed by atoms with Crippen LogP contribution >= 0.6 is 11.6 Å². The Hall–Kier alpha value is -2.60. The highest BCUT2D eigenvalue weighted by Crippen LogP contribution is 2.34. The number of ketones is 1. The van der Waals surface area contributed by atoms with E-state index in [2.05, 4.69) is 5.32 Å². The van der Waals surface area contributed by atoms with Gasteiger partial charge in [0.1, 0.15) is 0 Å². The van der Waals surface area contributed by atoms with Gasteiger partial charge in [-0.15, -0.1) is 0 Å². The van der Waals surface area contributed by atoms with Crippen LogP contribution in [0.15, 0.2) is 46.8 Å². The van der Waals surface area contributed by atoms with E-state index in [4.69, 9.17) is 21.1 Å². The summed E-state index contributed by atoms with van der Waals surface area (Å²) in [7, 11) is 0. The molecule has 1 N–H and O–H groups in total. The van der Waals surface area contributed by atoms with Crippen LogP contribution < -0.4 is 5.32 Å². The second-order valence-corrected chi connectivity index (χ2v) is 6.38. The molecule has 0 spiro atoms. The maximum absolute atomic E-state index is 13.3. The van der Waals surface area contributed by atoms with Crippen LogP contribution in [0.5, 0.6) is 0 Å². The molecule has 144 valence electrons. The fourth-order valence-electron chi connectivity index (χ4n) is 3.00. The lowest BCUT2D eigenvalue weighted by molar-refractivity contribution is -0.139. The number of ether oxygens (including phenoxy) is 2. The van der Waals surface area contributed by atoms with E-state index in [9.17, 15) is 14.4 Å². The summed E-state index contributed by atoms with van der Waals surface area (Å²) >= 11 is 5.90. The summed E-state index contributed by atoms with van der Waals surface area (Å²) in [6, 6.07) is 6.28. The molecule has 0 saturated carbocycles. The zero-order valence-electron chi connectivity index (χ0n) is 15.7. The summed E-state index contributed by atoms with van der Waals surface area (Å²) in [5, 5.41) is 3.47. The Morgan fingerprint density at radius 3 is 1.78 bits per heavy atom. The summed E-state index contributed by atoms with van der Waals surface area (Å²) in [5.74, 6) is -2.82. The molecule has 1 heterocycles. The summed E-state index contributed by atoms with van der Waals surface area (Å²) < 4.78 is 10.3. The number of dihydropyridines is 1. The molecule has 0 fully saturated rings. The molecule has 0 aromatic heterocycles. The van der Waals surface area contributed by atoms with Crippen LogP contribution in [0.1, 0.15) is 38.1 Å². The Morgan fingerprint density at radius 1 is 0.926 bits per heavy atom. The van der Waals surface area contributed by atoms with Crippen LogP contribution in [0.2, 0.25) is 5.02 Å². The summed E-state index contributed by atoms with van der Waals surface area (Å²) in [6.45, 7) is 6.98. The number of hydrogen-bond acceptors (Lipinski definition) is 6. The first-order valence-corrected chi connectivity index (χ1v) is 9.02. The third-order valence-electron chi connectivity index (χ3n) is 4.14. The fraction of sp³-hybridized carbons (Fsp3) is 0.350. The van der Waals surface area contributed by atoms with Crippen molar-refractivity contribution >= 4 is 29.3 Å². The maximum Gasteiger partial charge on any atom is 0.336 e. The Morgan fingerprint density at radius 2 is 1.37 bits per heavy atom. The van der Waals surface area contributed by atoms with Gasteiger partial charge in [-0.3, -0.25) is 4.79 Å². The van der Waals surface area contributed by atoms with Crippen molar-refractivity contribution in [2.24, 2.45) is 5.92 Å². The first-order valence-electron chi connectivity index (χ1n) is 8.64. The van der Waals surface area contributed by atoms with Crippen molar-refractivity contribution in [1.82, 2.24) is 5.32 Å². The number of carbonyl (C=O) groups is 3. The van der Waals surface area contributed by atoms with Gasteiger partial charge < -0.3 is 14.8 Å². The van der Waals surface area contributed by atoms with Crippen molar-refractivity contribution in [2.45, 2.75) is 27.7 Å². The second-order valence-electron chi connectivity index (χ2n) is 5.95. The Kier molecular flexibility index (Phi) is 6.80. The number of carbonyl (C=O) groups excluding carboxylic acids is 3. The lowest BCUT2D eigenvalue weighted by atomic mass is 9.80. The molecule has 7 heteroatoms. The number of Topliss-reactive ketones (excluding diaryl/α,β-unsaturated/α-hetero) is 1. The summed E-state index contributed by atoms with van der Waals surface area (Å²) in [5.41, 5.74) is 1.46. The molecule has 0 bridgehead atoms. The van der Waals surface area contributed by atoms with E-state index >= 15 is 0 Å². The fourth-order valence-corrected chi connectivity index (χ4v) is 3.12. The third kappa shape index (κ3) is 4.39. The van der Waals surface area contributed by atoms with Gasteiger partial charge in [0, 0.05) is 22.0 Å². The van der Waals surface area contributed by atoms with Crippen molar-refractivity contribution in [2.75, 3.05) is 13.2 Å². The minimum absolute atomic E-state index is 0.102. The third-order valence-corrected chi connectivity index (χ3v) is 4.39. The van der Waals surface area contributed by atoms with Crippen LogP contribution in [0, 0.1) is 5.92 Å². The van der Waals surface area contributed by atoms with Crippen molar-refractivity contribution in [1.29, 1.82) is 0 Å². The van der Waals surface area contributed by atoms with Gasteiger partial charge >= 0.3 is 11.9 Å². The molecule has 0 atom stereocenters. The van der Waals surface area contributed by atoms with Gasteiger partial charge in [0.25, 0.3) is 0 Å². The molecule has 0 unspecified atom stereocenters. The van der Waals surface area contributed by atoms with Gasteiger partial charge in [0.2, 0.25) is 0 Å². The van der Waals surface area contributed by atoms with Crippen molar-refractivity contribution in [3.8, 4) is 0 Å². The molecule has 0 saturated heterocycles. The predicted octanol–water partition coefficient (Wildman–Crippen LogP) is 3.42. The lowest BCUT2D eigenvalue weighted by Gasteiger charge is -2.29. The number of benzene rings is 1. The average Bonchev–Trinajstić information content (AvgIpc) is 2.61. The monoisotopic (exact) mass is 391 g/mol. The molecule has 6 nitrogen and oxygen atoms in total. The normalized spacial score (nSPS) is 14.7. The molecule has 0 amide bonds. The van der Waals surface area contributed by atoms with Gasteiger partial charge in [-0.1, -0.05) is 11.6 Å². The highest BCUT2D eigenvalue weighted by Gasteiger charge is 2.41. The quantitative estimate of drug-likeness (QED) is 0.591. The topological polar surface area (TPSA) is 81.7 Å². The van der Waals surface area contributed by atoms with Gasteiger partial charge in [-0.25, -0.2) is 9.59 Å². The smallest absolute Gasteiger partial charge is 0.336 e. The van der Waals surface area contributed by atoms with E-state index in [1.807, 2.05) is 0 Å². The summed E-state index contributed by atoms with van der Waals surface area (Å²) in [6.07, 6.45) is 0. The largest absolute Gasteiger partial charge is 0.463 e. The van der Waals surface area contributed by atoms with Gasteiger partial charge in [0.05, 0.1) is 30.3 Å². The van der Waals surface area contributed by atoms with Crippen LogP contribution in [-0.4, -0.2) is 30.9 Å². The van der Waals surface area contributed by atoms with Gasteiger partial charge in [-0.2, -0.15) is 0 Å². The van der Waals surface area contributed by atoms with E-state index in [0.717, 1.165) is 0 Å². The standard InChI is InChI=1S/C20H22ClNO5/c1-5-26-19(24)15-11(3)22-12(4)16(20(25)27-6-2)17(15)18(23)13-7-9-14(21)10-8-13/h7-10,17,22H,5-6H2,1-4H3. The SMILES string of the molecule is CCOC(=O)C1=C(C)NC(C)=C(C(=O)OCC)C1C(=O)c1ccc(Cl)cc1. The van der Waals surface area contributed by atoms with E-state index in [1.54, 1.807) is 52.0 Å². The number of esters is 2. The number of allylic oxidation sites excluding steroid dienone is 2. The lowest BCUT2D eigenvalue weighted by Crippen LogP contribution is -2.37. The highest BCUT2D eigenvalue weighted by molar-refractivity contribution is 6.30. The highest BCUT2D eigenvalue weighted by atomic mass is 35.5. The first-order chi connectivity index (χ1) is 12.8. The maximum atomic E-state index is 13.3. The van der Waals surface area contributed by atoms with Gasteiger partial charge in [-0.05, 0) is 52.0 Å². The summed E-state index contributed by atoms with van der Waals surface area (Å²) in [4.78, 5) is 38.4. The Bertz CT molecular complexity index is 783. The van der Waals surface area contributed by atoms with Crippen LogP contribution in [0.3, 0.4) is 0 Å². The zero-order chi connectivity index (χ0) is 20.1. The van der Waals surface area contributed by atoms with Crippen molar-refractivity contribution in [3.05, 3.63) is 57.4 Å². The molecule has 0 aliphatic carbocycles. The minimum Gasteiger partial charge on any atom is -0.463 e. The number of hydrogen-bond donors (Lipinski definition) is 1. The molecular weight excluding hydrogens is 370 g/mol. The van der Waals surface area contributed by atoms with E-state index < -0.39 is 23.6 Å². The molecule has 2 rings (SSSR count). The van der Waals surface area contributed by atoms with E-state index in [1.165, 1.54) is 0 Å². The van der Waals surface area contributed by atoms with Crippen LogP contribution in [-0.2, 0) is 19.1 Å². The molecule has 0 radical (unpaired) electrons. The molecule has 1 aromatic carbocycles. The molecule has 1 aliphatic rings. The van der Waals surface area contributed by atoms with Crippen LogP contribution in [0.25, 0.3) is 0 Å².